The van der Waals surface area contributed by atoms with E-state index in [4.69, 9.17) is 5.26 Å². The molecule has 0 saturated heterocycles. The Balaban J connectivity index is 1.92. The number of nitrogens with zero attached hydrogens (tertiary/aromatic N) is 1. The van der Waals surface area contributed by atoms with Gasteiger partial charge in [-0.15, -0.1) is 0 Å². The molecule has 0 amide bonds. The second kappa shape index (κ2) is 7.64. The minimum absolute atomic E-state index is 0.196. The number of hydrogen-bond donors (Lipinski definition) is 1. The highest BCUT2D eigenvalue weighted by molar-refractivity contribution is 6.07. The number of benzene rings is 1. The molecule has 21 heavy (non-hydrogen) atoms. The van der Waals surface area contributed by atoms with Gasteiger partial charge in [-0.05, 0) is 18.6 Å². The SMILES string of the molecule is CCCCCCCCC(=O)c1c[nH]c2cc(C#N)ccc12. The summed E-state index contributed by atoms with van der Waals surface area (Å²) in [4.78, 5) is 15.4. The first kappa shape index (κ1) is 15.3. The summed E-state index contributed by atoms with van der Waals surface area (Å²) in [5, 5.41) is 9.81. The van der Waals surface area contributed by atoms with Crippen molar-refractivity contribution in [2.75, 3.05) is 0 Å². The van der Waals surface area contributed by atoms with Gasteiger partial charge in [0.05, 0.1) is 11.6 Å². The van der Waals surface area contributed by atoms with E-state index in [0.717, 1.165) is 29.3 Å². The van der Waals surface area contributed by atoms with Gasteiger partial charge in [-0.25, -0.2) is 0 Å². The lowest BCUT2D eigenvalue weighted by Gasteiger charge is -2.01. The Hall–Kier alpha value is -2.08. The van der Waals surface area contributed by atoms with Crippen molar-refractivity contribution in [3.8, 4) is 6.07 Å². The molecule has 0 unspecified atom stereocenters. The normalized spacial score (nSPS) is 10.7. The van der Waals surface area contributed by atoms with Crippen molar-refractivity contribution in [1.29, 1.82) is 5.26 Å². The van der Waals surface area contributed by atoms with E-state index >= 15 is 0 Å². The third-order valence-corrected chi connectivity index (χ3v) is 3.87. The highest BCUT2D eigenvalue weighted by atomic mass is 16.1. The molecule has 0 saturated carbocycles. The van der Waals surface area contributed by atoms with E-state index < -0.39 is 0 Å². The minimum Gasteiger partial charge on any atom is -0.360 e. The number of carbonyl (C=O) groups is 1. The molecular formula is C18H22N2O. The molecule has 0 radical (unpaired) electrons. The standard InChI is InChI=1S/C18H22N2O/c1-2-3-4-5-6-7-8-18(21)16-13-20-17-11-14(12-19)9-10-15(16)17/h9-11,13,20H,2-8H2,1H3. The summed E-state index contributed by atoms with van der Waals surface area (Å²) in [6.07, 6.45) is 9.51. The predicted octanol–water partition coefficient (Wildman–Crippen LogP) is 4.97. The summed E-state index contributed by atoms with van der Waals surface area (Å²) in [6.45, 7) is 2.21. The van der Waals surface area contributed by atoms with Gasteiger partial charge in [0.2, 0.25) is 0 Å². The molecule has 2 aromatic rings. The van der Waals surface area contributed by atoms with Gasteiger partial charge >= 0.3 is 0 Å². The van der Waals surface area contributed by atoms with E-state index in [1.807, 2.05) is 6.07 Å². The van der Waals surface area contributed by atoms with Crippen LogP contribution in [0.2, 0.25) is 0 Å². The van der Waals surface area contributed by atoms with Gasteiger partial charge < -0.3 is 4.98 Å². The second-order valence-corrected chi connectivity index (χ2v) is 5.52. The van der Waals surface area contributed by atoms with Crippen LogP contribution in [0.4, 0.5) is 0 Å². The summed E-state index contributed by atoms with van der Waals surface area (Å²) < 4.78 is 0. The van der Waals surface area contributed by atoms with Gasteiger partial charge in [0.15, 0.2) is 5.78 Å². The summed E-state index contributed by atoms with van der Waals surface area (Å²) in [6, 6.07) is 7.52. The number of fused-ring (bicyclic) bond motifs is 1. The number of hydrogen-bond acceptors (Lipinski definition) is 2. The van der Waals surface area contributed by atoms with Gasteiger partial charge in [-0.2, -0.15) is 5.26 Å². The van der Waals surface area contributed by atoms with Crippen LogP contribution in [0, 0.1) is 11.3 Å². The molecule has 1 aromatic carbocycles. The van der Waals surface area contributed by atoms with Crippen LogP contribution in [0.1, 0.15) is 67.8 Å². The molecule has 0 aliphatic carbocycles. The lowest BCUT2D eigenvalue weighted by atomic mass is 10.0. The molecule has 3 heteroatoms. The second-order valence-electron chi connectivity index (χ2n) is 5.52. The number of rotatable bonds is 8. The van der Waals surface area contributed by atoms with Crippen LogP contribution in [0.3, 0.4) is 0 Å². The van der Waals surface area contributed by atoms with Gasteiger partial charge in [0.1, 0.15) is 0 Å². The van der Waals surface area contributed by atoms with Crippen LogP contribution in [0.5, 0.6) is 0 Å². The first-order valence-corrected chi connectivity index (χ1v) is 7.80. The van der Waals surface area contributed by atoms with Crippen LogP contribution >= 0.6 is 0 Å². The number of unbranched alkanes of at least 4 members (excludes halogenated alkanes) is 5. The number of nitrogens with one attached hydrogen (secondary N) is 1. The molecule has 1 N–H and O–H groups in total. The number of aromatic nitrogens is 1. The van der Waals surface area contributed by atoms with Crippen molar-refractivity contribution in [3.63, 3.8) is 0 Å². The fraction of sp³-hybridized carbons (Fsp3) is 0.444. The highest BCUT2D eigenvalue weighted by Crippen LogP contribution is 2.21. The van der Waals surface area contributed by atoms with Crippen molar-refractivity contribution in [2.45, 2.75) is 51.9 Å². The first-order valence-electron chi connectivity index (χ1n) is 7.80. The number of aromatic amines is 1. The zero-order chi connectivity index (χ0) is 15.1. The van der Waals surface area contributed by atoms with Crippen molar-refractivity contribution < 1.29 is 4.79 Å². The largest absolute Gasteiger partial charge is 0.360 e. The molecule has 2 rings (SSSR count). The Bertz CT molecular complexity index is 649. The van der Waals surface area contributed by atoms with E-state index in [0.29, 0.717) is 12.0 Å². The molecule has 1 heterocycles. The molecule has 110 valence electrons. The third kappa shape index (κ3) is 3.95. The Morgan fingerprint density at radius 1 is 1.19 bits per heavy atom. The molecule has 0 spiro atoms. The van der Waals surface area contributed by atoms with Crippen LogP contribution in [0.25, 0.3) is 10.9 Å². The first-order chi connectivity index (χ1) is 10.3. The Morgan fingerprint density at radius 3 is 2.71 bits per heavy atom. The Morgan fingerprint density at radius 2 is 1.95 bits per heavy atom. The average molecular weight is 282 g/mol. The zero-order valence-electron chi connectivity index (χ0n) is 12.6. The predicted molar refractivity (Wildman–Crippen MR) is 85.3 cm³/mol. The van der Waals surface area contributed by atoms with Crippen LogP contribution < -0.4 is 0 Å². The number of Topliss-reactive ketones (excluding diaryl/α,β-unsaturated/α-hetero) is 1. The average Bonchev–Trinajstić information content (AvgIpc) is 2.93. The van der Waals surface area contributed by atoms with Crippen LogP contribution in [0.15, 0.2) is 24.4 Å². The molecule has 0 atom stereocenters. The van der Waals surface area contributed by atoms with Gasteiger partial charge in [-0.3, -0.25) is 4.79 Å². The van der Waals surface area contributed by atoms with E-state index in [1.54, 1.807) is 18.3 Å². The maximum atomic E-state index is 12.3. The molecule has 0 fully saturated rings. The highest BCUT2D eigenvalue weighted by Gasteiger charge is 2.11. The van der Waals surface area contributed by atoms with Gasteiger partial charge in [0, 0.05) is 29.1 Å². The molecule has 1 aromatic heterocycles. The number of H-pyrrole nitrogens is 1. The lowest BCUT2D eigenvalue weighted by molar-refractivity contribution is 0.0980. The quantitative estimate of drug-likeness (QED) is 0.548. The topological polar surface area (TPSA) is 56.6 Å². The lowest BCUT2D eigenvalue weighted by Crippen LogP contribution is -1.97. The zero-order valence-corrected chi connectivity index (χ0v) is 12.6. The van der Waals surface area contributed by atoms with Gasteiger partial charge in [0.25, 0.3) is 0 Å². The molecule has 0 bridgehead atoms. The summed E-state index contributed by atoms with van der Waals surface area (Å²) in [7, 11) is 0. The maximum Gasteiger partial charge on any atom is 0.165 e. The fourth-order valence-electron chi connectivity index (χ4n) is 2.63. The van der Waals surface area contributed by atoms with Crippen molar-refractivity contribution >= 4 is 16.7 Å². The van der Waals surface area contributed by atoms with Crippen molar-refractivity contribution in [2.24, 2.45) is 0 Å². The van der Waals surface area contributed by atoms with Crippen molar-refractivity contribution in [3.05, 3.63) is 35.5 Å². The molecule has 0 aliphatic rings. The van der Waals surface area contributed by atoms with Crippen LogP contribution in [-0.2, 0) is 0 Å². The number of ketones is 1. The van der Waals surface area contributed by atoms with Crippen LogP contribution in [-0.4, -0.2) is 10.8 Å². The smallest absolute Gasteiger partial charge is 0.165 e. The summed E-state index contributed by atoms with van der Waals surface area (Å²) in [5.41, 5.74) is 2.22. The Kier molecular flexibility index (Phi) is 5.57. The molecule has 3 nitrogen and oxygen atoms in total. The Labute approximate surface area is 126 Å². The van der Waals surface area contributed by atoms with E-state index in [9.17, 15) is 4.79 Å². The molecular weight excluding hydrogens is 260 g/mol. The van der Waals surface area contributed by atoms with E-state index in [1.165, 1.54) is 25.7 Å². The summed E-state index contributed by atoms with van der Waals surface area (Å²) in [5.74, 6) is 0.196. The van der Waals surface area contributed by atoms with Gasteiger partial charge in [-0.1, -0.05) is 45.1 Å². The number of carbonyl (C=O) groups excluding carboxylic acids is 1. The van der Waals surface area contributed by atoms with E-state index in [2.05, 4.69) is 18.0 Å². The van der Waals surface area contributed by atoms with Crippen molar-refractivity contribution in [1.82, 2.24) is 4.98 Å². The monoisotopic (exact) mass is 282 g/mol. The third-order valence-electron chi connectivity index (χ3n) is 3.87. The molecule has 0 aliphatic heterocycles. The summed E-state index contributed by atoms with van der Waals surface area (Å²) >= 11 is 0. The fourth-order valence-corrected chi connectivity index (χ4v) is 2.63. The maximum absolute atomic E-state index is 12.3. The van der Waals surface area contributed by atoms with E-state index in [-0.39, 0.29) is 5.78 Å². The minimum atomic E-state index is 0.196. The number of nitriles is 1.